The van der Waals surface area contributed by atoms with Crippen LogP contribution in [0.1, 0.15) is 41.8 Å². The highest BCUT2D eigenvalue weighted by Crippen LogP contribution is 2.12. The molecule has 7 nitrogen and oxygen atoms in total. The number of benzene rings is 2. The van der Waals surface area contributed by atoms with Crippen LogP contribution in [-0.4, -0.2) is 43.8 Å². The maximum atomic E-state index is 12.0. The van der Waals surface area contributed by atoms with Gasteiger partial charge in [0.15, 0.2) is 5.96 Å². The van der Waals surface area contributed by atoms with Crippen LogP contribution in [0.2, 0.25) is 0 Å². The lowest BCUT2D eigenvalue weighted by atomic mass is 10.1. The Kier molecular flexibility index (Phi) is 9.06. The summed E-state index contributed by atoms with van der Waals surface area (Å²) in [6, 6.07) is 15.3. The van der Waals surface area contributed by atoms with Crippen LogP contribution in [0.15, 0.2) is 53.5 Å². The molecule has 0 spiro atoms. The summed E-state index contributed by atoms with van der Waals surface area (Å²) < 4.78 is 0. The van der Waals surface area contributed by atoms with Crippen LogP contribution in [-0.2, 0) is 17.9 Å². The highest BCUT2D eigenvalue weighted by molar-refractivity contribution is 5.94. The molecule has 0 atom stereocenters. The molecule has 2 aromatic rings. The highest BCUT2D eigenvalue weighted by Gasteiger charge is 2.08. The number of rotatable bonds is 8. The zero-order valence-electron chi connectivity index (χ0n) is 19.0. The van der Waals surface area contributed by atoms with Gasteiger partial charge in [-0.05, 0) is 41.3 Å². The minimum absolute atomic E-state index is 0.0142. The predicted molar refractivity (Wildman–Crippen MR) is 126 cm³/mol. The van der Waals surface area contributed by atoms with Crippen molar-refractivity contribution in [3.8, 4) is 0 Å². The van der Waals surface area contributed by atoms with E-state index in [1.165, 1.54) is 0 Å². The lowest BCUT2D eigenvalue weighted by Gasteiger charge is -2.14. The van der Waals surface area contributed by atoms with E-state index in [2.05, 4.69) is 20.9 Å². The molecule has 0 unspecified atom stereocenters. The third-order valence-corrected chi connectivity index (χ3v) is 4.55. The Balaban J connectivity index is 1.86. The molecule has 0 aliphatic heterocycles. The van der Waals surface area contributed by atoms with E-state index in [1.807, 2.05) is 62.4 Å². The number of amides is 2. The third-order valence-electron chi connectivity index (χ3n) is 4.55. The van der Waals surface area contributed by atoms with E-state index < -0.39 is 0 Å². The highest BCUT2D eigenvalue weighted by atomic mass is 16.2. The van der Waals surface area contributed by atoms with Gasteiger partial charge in [-0.15, -0.1) is 0 Å². The number of aliphatic imine (C=N–C) groups is 1. The van der Waals surface area contributed by atoms with E-state index >= 15 is 0 Å². The van der Waals surface area contributed by atoms with Gasteiger partial charge in [-0.25, -0.2) is 0 Å². The molecule has 2 rings (SSSR count). The van der Waals surface area contributed by atoms with E-state index in [9.17, 15) is 9.59 Å². The molecule has 0 saturated heterocycles. The molecule has 0 aromatic heterocycles. The number of nitrogens with zero attached hydrogens (tertiary/aromatic N) is 2. The average molecular weight is 424 g/mol. The standard InChI is InChI=1S/C24H33N5O2/c1-17(2)13-22(30)28-21-8-6-7-19(14-21)16-27-24(25-3)26-15-18-9-11-20(12-10-18)23(31)29(4)5/h6-12,14,17H,13,15-16H2,1-5H3,(H,28,30)(H2,25,26,27). The topological polar surface area (TPSA) is 85.8 Å². The summed E-state index contributed by atoms with van der Waals surface area (Å²) in [7, 11) is 5.20. The molecule has 0 fully saturated rings. The number of hydrogen-bond acceptors (Lipinski definition) is 3. The summed E-state index contributed by atoms with van der Waals surface area (Å²) in [6.07, 6.45) is 0.503. The van der Waals surface area contributed by atoms with Gasteiger partial charge in [0.05, 0.1) is 0 Å². The number of carbonyl (C=O) groups is 2. The average Bonchev–Trinajstić information content (AvgIpc) is 2.73. The van der Waals surface area contributed by atoms with Gasteiger partial charge in [0, 0.05) is 51.9 Å². The van der Waals surface area contributed by atoms with Crippen LogP contribution >= 0.6 is 0 Å². The van der Waals surface area contributed by atoms with Crippen molar-refractivity contribution in [1.29, 1.82) is 0 Å². The zero-order valence-corrected chi connectivity index (χ0v) is 19.0. The summed E-state index contributed by atoms with van der Waals surface area (Å²) in [5.41, 5.74) is 3.54. The molecule has 0 aliphatic rings. The minimum atomic E-state index is -0.0142. The lowest BCUT2D eigenvalue weighted by Crippen LogP contribution is -2.36. The van der Waals surface area contributed by atoms with Crippen LogP contribution in [0.4, 0.5) is 5.69 Å². The molecular weight excluding hydrogens is 390 g/mol. The molecular formula is C24H33N5O2. The molecule has 0 aliphatic carbocycles. The number of anilines is 1. The number of hydrogen-bond donors (Lipinski definition) is 3. The summed E-state index contributed by atoms with van der Waals surface area (Å²) in [6.45, 7) is 5.21. The first-order valence-corrected chi connectivity index (χ1v) is 10.4. The Morgan fingerprint density at radius 3 is 2.19 bits per heavy atom. The minimum Gasteiger partial charge on any atom is -0.352 e. The molecule has 3 N–H and O–H groups in total. The van der Waals surface area contributed by atoms with Crippen LogP contribution < -0.4 is 16.0 Å². The van der Waals surface area contributed by atoms with Crippen molar-refractivity contribution in [3.63, 3.8) is 0 Å². The quantitative estimate of drug-likeness (QED) is 0.449. The van der Waals surface area contributed by atoms with E-state index in [-0.39, 0.29) is 11.8 Å². The predicted octanol–water partition coefficient (Wildman–Crippen LogP) is 3.24. The van der Waals surface area contributed by atoms with Gasteiger partial charge in [0.25, 0.3) is 5.91 Å². The van der Waals surface area contributed by atoms with Crippen LogP contribution in [0.25, 0.3) is 0 Å². The van der Waals surface area contributed by atoms with Crippen molar-refractivity contribution < 1.29 is 9.59 Å². The maximum absolute atomic E-state index is 12.0. The normalized spacial score (nSPS) is 11.2. The molecule has 2 amide bonds. The van der Waals surface area contributed by atoms with Gasteiger partial charge in [0.2, 0.25) is 5.91 Å². The summed E-state index contributed by atoms with van der Waals surface area (Å²) in [5, 5.41) is 9.49. The lowest BCUT2D eigenvalue weighted by molar-refractivity contribution is -0.116. The molecule has 2 aromatic carbocycles. The second kappa shape index (κ2) is 11.7. The maximum Gasteiger partial charge on any atom is 0.253 e. The fourth-order valence-electron chi connectivity index (χ4n) is 2.96. The number of carbonyl (C=O) groups excluding carboxylic acids is 2. The molecule has 0 heterocycles. The largest absolute Gasteiger partial charge is 0.352 e. The van der Waals surface area contributed by atoms with Crippen molar-refractivity contribution in [2.75, 3.05) is 26.5 Å². The first-order valence-electron chi connectivity index (χ1n) is 10.4. The molecule has 0 radical (unpaired) electrons. The van der Waals surface area contributed by atoms with E-state index in [0.29, 0.717) is 37.0 Å². The summed E-state index contributed by atoms with van der Waals surface area (Å²) in [4.78, 5) is 29.8. The zero-order chi connectivity index (χ0) is 22.8. The second-order valence-electron chi connectivity index (χ2n) is 8.02. The smallest absolute Gasteiger partial charge is 0.253 e. The molecule has 0 bridgehead atoms. The van der Waals surface area contributed by atoms with Crippen molar-refractivity contribution in [1.82, 2.24) is 15.5 Å². The number of nitrogens with one attached hydrogen (secondary N) is 3. The van der Waals surface area contributed by atoms with Gasteiger partial charge in [-0.2, -0.15) is 0 Å². The van der Waals surface area contributed by atoms with E-state index in [1.54, 1.807) is 26.0 Å². The Bertz CT molecular complexity index is 904. The Morgan fingerprint density at radius 2 is 1.61 bits per heavy atom. The fraction of sp³-hybridized carbons (Fsp3) is 0.375. The Labute approximate surface area is 184 Å². The van der Waals surface area contributed by atoms with Gasteiger partial charge in [-0.3, -0.25) is 14.6 Å². The first-order chi connectivity index (χ1) is 14.8. The molecule has 0 saturated carbocycles. The van der Waals surface area contributed by atoms with Crippen LogP contribution in [0.3, 0.4) is 0 Å². The fourth-order valence-corrected chi connectivity index (χ4v) is 2.96. The Morgan fingerprint density at radius 1 is 0.968 bits per heavy atom. The second-order valence-corrected chi connectivity index (χ2v) is 8.02. The van der Waals surface area contributed by atoms with Crippen LogP contribution in [0, 0.1) is 5.92 Å². The Hall–Kier alpha value is -3.35. The monoisotopic (exact) mass is 423 g/mol. The SMILES string of the molecule is CN=C(NCc1ccc(C(=O)N(C)C)cc1)NCc1cccc(NC(=O)CC(C)C)c1. The van der Waals surface area contributed by atoms with Crippen molar-refractivity contribution in [2.24, 2.45) is 10.9 Å². The first kappa shape index (κ1) is 23.9. The molecule has 166 valence electrons. The van der Waals surface area contributed by atoms with Crippen LogP contribution in [0.5, 0.6) is 0 Å². The third kappa shape index (κ3) is 8.12. The van der Waals surface area contributed by atoms with Gasteiger partial charge in [-0.1, -0.05) is 38.1 Å². The summed E-state index contributed by atoms with van der Waals surface area (Å²) in [5.74, 6) is 1.00. The molecule has 31 heavy (non-hydrogen) atoms. The summed E-state index contributed by atoms with van der Waals surface area (Å²) >= 11 is 0. The van der Waals surface area contributed by atoms with Gasteiger partial charge < -0.3 is 20.9 Å². The van der Waals surface area contributed by atoms with E-state index in [0.717, 1.165) is 16.8 Å². The number of guanidine groups is 1. The van der Waals surface area contributed by atoms with Gasteiger partial charge >= 0.3 is 0 Å². The van der Waals surface area contributed by atoms with Crippen molar-refractivity contribution >= 4 is 23.5 Å². The van der Waals surface area contributed by atoms with Gasteiger partial charge in [0.1, 0.15) is 0 Å². The van der Waals surface area contributed by atoms with E-state index in [4.69, 9.17) is 0 Å². The van der Waals surface area contributed by atoms with Crippen molar-refractivity contribution in [2.45, 2.75) is 33.4 Å². The molecule has 7 heteroatoms. The van der Waals surface area contributed by atoms with Crippen molar-refractivity contribution in [3.05, 3.63) is 65.2 Å².